The fourth-order valence-corrected chi connectivity index (χ4v) is 3.53. The van der Waals surface area contributed by atoms with Gasteiger partial charge in [0.05, 0.1) is 17.3 Å². The number of rotatable bonds is 6. The molecule has 2 aromatic rings. The van der Waals surface area contributed by atoms with Crippen LogP contribution >= 0.6 is 0 Å². The largest absolute Gasteiger partial charge is 0.539 e. The third-order valence-corrected chi connectivity index (χ3v) is 5.00. The summed E-state index contributed by atoms with van der Waals surface area (Å²) < 4.78 is 24.4. The van der Waals surface area contributed by atoms with Crippen LogP contribution in [0.25, 0.3) is 0 Å². The van der Waals surface area contributed by atoms with Crippen molar-refractivity contribution in [3.63, 3.8) is 0 Å². The second kappa shape index (κ2) is 8.37. The van der Waals surface area contributed by atoms with Crippen LogP contribution in [0, 0.1) is 11.2 Å². The van der Waals surface area contributed by atoms with Crippen LogP contribution < -0.4 is 9.79 Å². The Hall–Kier alpha value is -2.97. The highest BCUT2D eigenvalue weighted by Crippen LogP contribution is 2.37. The minimum atomic E-state index is -0.802. The number of carbonyl (C=O) groups excluding carboxylic acids is 2. The Morgan fingerprint density at radius 1 is 1.39 bits per heavy atom. The zero-order chi connectivity index (χ0) is 20.1. The lowest BCUT2D eigenvalue weighted by Gasteiger charge is -2.39. The van der Waals surface area contributed by atoms with Gasteiger partial charge in [0.15, 0.2) is 0 Å². The molecule has 0 spiro atoms. The number of ether oxygens (including phenoxy) is 1. The van der Waals surface area contributed by atoms with Crippen molar-refractivity contribution in [3.8, 4) is 5.95 Å². The fraction of sp³-hybridized carbons (Fsp3) is 0.474. The molecule has 0 aliphatic carbocycles. The molecule has 3 rings (SSSR count). The Morgan fingerprint density at radius 3 is 2.75 bits per heavy atom. The van der Waals surface area contributed by atoms with Gasteiger partial charge >= 0.3 is 5.97 Å². The highest BCUT2D eigenvalue weighted by Gasteiger charge is 2.44. The van der Waals surface area contributed by atoms with Crippen molar-refractivity contribution >= 4 is 11.9 Å². The van der Waals surface area contributed by atoms with Crippen molar-refractivity contribution in [2.75, 3.05) is 19.7 Å². The van der Waals surface area contributed by atoms with E-state index in [1.165, 1.54) is 12.1 Å². The van der Waals surface area contributed by atoms with E-state index < -0.39 is 11.4 Å². The molecule has 1 aromatic carbocycles. The predicted octanol–water partition coefficient (Wildman–Crippen LogP) is 0.589. The number of nitrogens with zero attached hydrogens (tertiary/aromatic N) is 3. The van der Waals surface area contributed by atoms with Crippen LogP contribution in [0.4, 0.5) is 4.39 Å². The first-order chi connectivity index (χ1) is 13.4. The molecule has 28 heavy (non-hydrogen) atoms. The van der Waals surface area contributed by atoms with E-state index in [1.54, 1.807) is 24.0 Å². The van der Waals surface area contributed by atoms with Gasteiger partial charge in [-0.3, -0.25) is 9.59 Å². The molecule has 1 fully saturated rings. The van der Waals surface area contributed by atoms with Crippen LogP contribution in [-0.4, -0.2) is 41.7 Å². The van der Waals surface area contributed by atoms with E-state index in [0.29, 0.717) is 37.9 Å². The van der Waals surface area contributed by atoms with Crippen molar-refractivity contribution in [2.45, 2.75) is 32.7 Å². The molecule has 8 nitrogen and oxygen atoms in total. The summed E-state index contributed by atoms with van der Waals surface area (Å²) >= 11 is 0. The molecule has 0 radical (unpaired) electrons. The molecule has 150 valence electrons. The van der Waals surface area contributed by atoms with Crippen LogP contribution in [0.2, 0.25) is 0 Å². The number of amides is 1. The minimum Gasteiger partial charge on any atom is -0.539 e. The van der Waals surface area contributed by atoms with Crippen LogP contribution in [0.3, 0.4) is 0 Å². The smallest absolute Gasteiger partial charge is 0.312 e. The van der Waals surface area contributed by atoms with Gasteiger partial charge < -0.3 is 19.3 Å². The molecule has 1 aromatic heterocycles. The van der Waals surface area contributed by atoms with E-state index in [2.05, 4.69) is 9.79 Å². The van der Waals surface area contributed by atoms with Crippen LogP contribution in [0.1, 0.15) is 25.3 Å². The zero-order valence-corrected chi connectivity index (χ0v) is 15.6. The topological polar surface area (TPSA) is 99.6 Å². The number of carbonyl (C=O) groups is 2. The van der Waals surface area contributed by atoms with E-state index in [1.807, 2.05) is 0 Å². The van der Waals surface area contributed by atoms with E-state index >= 15 is 0 Å². The van der Waals surface area contributed by atoms with Gasteiger partial charge in [-0.1, -0.05) is 16.8 Å². The molecular formula is C19H22FN3O5. The number of hydrogen-bond donors (Lipinski definition) is 0. The Balaban J connectivity index is 1.69. The van der Waals surface area contributed by atoms with E-state index in [4.69, 9.17) is 4.74 Å². The lowest BCUT2D eigenvalue weighted by Crippen LogP contribution is -2.52. The summed E-state index contributed by atoms with van der Waals surface area (Å²) in [4.78, 5) is 26.8. The number of hydrogen-bond acceptors (Lipinski definition) is 6. The summed E-state index contributed by atoms with van der Waals surface area (Å²) in [5, 5.41) is 14.5. The van der Waals surface area contributed by atoms with Crippen LogP contribution in [-0.2, 0) is 27.3 Å². The highest BCUT2D eigenvalue weighted by atomic mass is 19.1. The van der Waals surface area contributed by atoms with Gasteiger partial charge in [-0.2, -0.15) is 0 Å². The number of halogens is 1. The number of benzene rings is 1. The molecule has 0 saturated carbocycles. The van der Waals surface area contributed by atoms with Gasteiger partial charge in [-0.05, 0) is 43.9 Å². The molecule has 0 N–H and O–H groups in total. The van der Waals surface area contributed by atoms with E-state index in [-0.39, 0.29) is 30.8 Å². The van der Waals surface area contributed by atoms with E-state index in [0.717, 1.165) is 10.9 Å². The first-order valence-corrected chi connectivity index (χ1v) is 9.15. The number of esters is 1. The molecule has 0 atom stereocenters. The molecule has 1 saturated heterocycles. The lowest BCUT2D eigenvalue weighted by molar-refractivity contribution is -0.751. The summed E-state index contributed by atoms with van der Waals surface area (Å²) in [5.74, 6) is -1.52. The molecule has 9 heteroatoms. The standard InChI is InChI=1S/C19H22FN3O5/c1-2-27-18(26)19(11-14-4-3-5-15(20)10-14)6-8-22(9-7-19)16(24)12-23-13-17(25)28-21-23/h3-5,10,13H,2,6-9,11-12H2,1H3. The summed E-state index contributed by atoms with van der Waals surface area (Å²) in [7, 11) is 0. The Morgan fingerprint density at radius 2 is 2.14 bits per heavy atom. The predicted molar refractivity (Wildman–Crippen MR) is 91.1 cm³/mol. The lowest BCUT2D eigenvalue weighted by atomic mass is 9.73. The monoisotopic (exact) mass is 391 g/mol. The normalized spacial score (nSPS) is 16.0. The quantitative estimate of drug-likeness (QED) is 0.528. The van der Waals surface area contributed by atoms with Crippen molar-refractivity contribution in [2.24, 2.45) is 5.41 Å². The van der Waals surface area contributed by atoms with Crippen molar-refractivity contribution in [1.82, 2.24) is 10.2 Å². The van der Waals surface area contributed by atoms with Gasteiger partial charge in [0.1, 0.15) is 11.8 Å². The molecule has 1 aliphatic heterocycles. The first kappa shape index (κ1) is 19.8. The summed E-state index contributed by atoms with van der Waals surface area (Å²) in [6.07, 6.45) is 2.27. The van der Waals surface area contributed by atoms with Crippen molar-refractivity contribution in [1.29, 1.82) is 0 Å². The molecule has 2 heterocycles. The average Bonchev–Trinajstić information content (AvgIpc) is 3.07. The second-order valence-electron chi connectivity index (χ2n) is 6.91. The minimum absolute atomic E-state index is 0.109. The zero-order valence-electron chi connectivity index (χ0n) is 15.6. The molecule has 0 bridgehead atoms. The second-order valence-corrected chi connectivity index (χ2v) is 6.91. The van der Waals surface area contributed by atoms with Gasteiger partial charge in [0.2, 0.25) is 6.20 Å². The summed E-state index contributed by atoms with van der Waals surface area (Å²) in [5.41, 5.74) is -0.0852. The maximum Gasteiger partial charge on any atom is 0.312 e. The van der Waals surface area contributed by atoms with Crippen molar-refractivity contribution < 1.29 is 33.0 Å². The molecule has 0 unspecified atom stereocenters. The molecular weight excluding hydrogens is 369 g/mol. The van der Waals surface area contributed by atoms with Crippen molar-refractivity contribution in [3.05, 3.63) is 41.8 Å². The number of likely N-dealkylation sites (tertiary alicyclic amines) is 1. The van der Waals surface area contributed by atoms with E-state index in [9.17, 15) is 19.1 Å². The highest BCUT2D eigenvalue weighted by molar-refractivity contribution is 5.79. The Kier molecular flexibility index (Phi) is 5.91. The summed E-state index contributed by atoms with van der Waals surface area (Å²) in [6, 6.07) is 6.17. The number of piperidine rings is 1. The van der Waals surface area contributed by atoms with Gasteiger partial charge in [-0.15, -0.1) is 0 Å². The molecule has 1 aliphatic rings. The maximum absolute atomic E-state index is 13.6. The van der Waals surface area contributed by atoms with Gasteiger partial charge in [0, 0.05) is 13.1 Å². The SMILES string of the molecule is CCOC(=O)C1(Cc2cccc(F)c2)CCN(C(=O)C[n+]2cc([O-])on2)CC1. The first-order valence-electron chi connectivity index (χ1n) is 9.15. The summed E-state index contributed by atoms with van der Waals surface area (Å²) in [6.45, 7) is 2.60. The fourth-order valence-electron chi connectivity index (χ4n) is 3.53. The number of aromatic nitrogens is 2. The third kappa shape index (κ3) is 4.47. The Labute approximate surface area is 161 Å². The average molecular weight is 391 g/mol. The molecule has 1 amide bonds. The maximum atomic E-state index is 13.6. The third-order valence-electron chi connectivity index (χ3n) is 5.00. The Bertz CT molecular complexity index is 846. The van der Waals surface area contributed by atoms with Crippen LogP contribution in [0.15, 0.2) is 35.0 Å². The van der Waals surface area contributed by atoms with Crippen LogP contribution in [0.5, 0.6) is 5.95 Å². The van der Waals surface area contributed by atoms with Gasteiger partial charge in [-0.25, -0.2) is 4.39 Å². The van der Waals surface area contributed by atoms with Gasteiger partial charge in [0.25, 0.3) is 12.5 Å².